The summed E-state index contributed by atoms with van der Waals surface area (Å²) in [5.41, 5.74) is 5.34. The largest absolute Gasteiger partial charge is 0.369 e. The Labute approximate surface area is 85.4 Å². The first kappa shape index (κ1) is 11.5. The molecule has 2 N–H and O–H groups in total. The Bertz CT molecular complexity index is 179. The van der Waals surface area contributed by atoms with Crippen LogP contribution in [0.2, 0.25) is 0 Å². The molecule has 0 spiro atoms. The summed E-state index contributed by atoms with van der Waals surface area (Å²) < 4.78 is 5.39. The van der Waals surface area contributed by atoms with Gasteiger partial charge in [-0.2, -0.15) is 0 Å². The molecular weight excluding hydrogens is 180 g/mol. The highest BCUT2D eigenvalue weighted by Crippen LogP contribution is 2.10. The summed E-state index contributed by atoms with van der Waals surface area (Å²) in [6, 6.07) is 0. The average molecular weight is 200 g/mol. The van der Waals surface area contributed by atoms with E-state index in [2.05, 4.69) is 0 Å². The summed E-state index contributed by atoms with van der Waals surface area (Å²) in [7, 11) is 0. The molecule has 0 radical (unpaired) electrons. The number of ether oxygens (including phenoxy) is 1. The molecule has 14 heavy (non-hydrogen) atoms. The lowest BCUT2D eigenvalue weighted by Gasteiger charge is -2.20. The molecule has 0 saturated carbocycles. The molecule has 82 valence electrons. The van der Waals surface area contributed by atoms with Crippen LogP contribution in [0, 0.1) is 0 Å². The summed E-state index contributed by atoms with van der Waals surface area (Å²) in [6.45, 7) is 4.80. The first-order valence-corrected chi connectivity index (χ1v) is 5.36. The SMILES string of the molecule is CC(OCCCN)C(=O)N1CCCC1. The minimum atomic E-state index is -0.306. The van der Waals surface area contributed by atoms with Crippen LogP contribution in [0.1, 0.15) is 26.2 Å². The third-order valence-electron chi connectivity index (χ3n) is 2.48. The molecule has 0 aromatic rings. The van der Waals surface area contributed by atoms with Gasteiger partial charge in [-0.1, -0.05) is 0 Å². The summed E-state index contributed by atoms with van der Waals surface area (Å²) in [4.78, 5) is 13.6. The normalized spacial score (nSPS) is 18.6. The van der Waals surface area contributed by atoms with E-state index >= 15 is 0 Å². The van der Waals surface area contributed by atoms with Gasteiger partial charge < -0.3 is 15.4 Å². The number of carbonyl (C=O) groups is 1. The molecule has 1 saturated heterocycles. The zero-order valence-electron chi connectivity index (χ0n) is 8.87. The van der Waals surface area contributed by atoms with Crippen molar-refractivity contribution < 1.29 is 9.53 Å². The van der Waals surface area contributed by atoms with Gasteiger partial charge >= 0.3 is 0 Å². The molecule has 4 nitrogen and oxygen atoms in total. The van der Waals surface area contributed by atoms with Crippen LogP contribution >= 0.6 is 0 Å². The first-order chi connectivity index (χ1) is 6.75. The molecule has 1 aliphatic rings. The van der Waals surface area contributed by atoms with Gasteiger partial charge in [0.25, 0.3) is 5.91 Å². The fraction of sp³-hybridized carbons (Fsp3) is 0.900. The maximum Gasteiger partial charge on any atom is 0.251 e. The Morgan fingerprint density at radius 3 is 2.71 bits per heavy atom. The van der Waals surface area contributed by atoms with E-state index in [9.17, 15) is 4.79 Å². The predicted molar refractivity (Wildman–Crippen MR) is 54.9 cm³/mol. The molecule has 0 bridgehead atoms. The zero-order chi connectivity index (χ0) is 10.4. The second-order valence-corrected chi connectivity index (χ2v) is 3.69. The lowest BCUT2D eigenvalue weighted by molar-refractivity contribution is -0.141. The molecular formula is C10H20N2O2. The van der Waals surface area contributed by atoms with Crippen LogP contribution < -0.4 is 5.73 Å². The van der Waals surface area contributed by atoms with E-state index in [4.69, 9.17) is 10.5 Å². The zero-order valence-corrected chi connectivity index (χ0v) is 8.87. The van der Waals surface area contributed by atoms with Crippen LogP contribution in [0.25, 0.3) is 0 Å². The summed E-state index contributed by atoms with van der Waals surface area (Å²) in [6.07, 6.45) is 2.76. The highest BCUT2D eigenvalue weighted by molar-refractivity contribution is 5.80. The fourth-order valence-electron chi connectivity index (χ4n) is 1.61. The number of nitrogens with two attached hydrogens (primary N) is 1. The Kier molecular flexibility index (Phi) is 4.90. The number of amides is 1. The van der Waals surface area contributed by atoms with Gasteiger partial charge in [-0.05, 0) is 32.7 Å². The smallest absolute Gasteiger partial charge is 0.251 e. The minimum absolute atomic E-state index is 0.125. The van der Waals surface area contributed by atoms with Crippen molar-refractivity contribution in [1.82, 2.24) is 4.90 Å². The van der Waals surface area contributed by atoms with Gasteiger partial charge in [-0.15, -0.1) is 0 Å². The van der Waals surface area contributed by atoms with E-state index in [1.165, 1.54) is 0 Å². The van der Waals surface area contributed by atoms with Crippen molar-refractivity contribution in [2.75, 3.05) is 26.2 Å². The minimum Gasteiger partial charge on any atom is -0.369 e. The van der Waals surface area contributed by atoms with Gasteiger partial charge in [0, 0.05) is 19.7 Å². The van der Waals surface area contributed by atoms with E-state index in [1.54, 1.807) is 0 Å². The van der Waals surface area contributed by atoms with E-state index in [1.807, 2.05) is 11.8 Å². The van der Waals surface area contributed by atoms with E-state index in [-0.39, 0.29) is 12.0 Å². The number of likely N-dealkylation sites (tertiary alicyclic amines) is 1. The van der Waals surface area contributed by atoms with Crippen LogP contribution in [0.5, 0.6) is 0 Å². The van der Waals surface area contributed by atoms with Crippen LogP contribution in [-0.4, -0.2) is 43.2 Å². The second-order valence-electron chi connectivity index (χ2n) is 3.69. The van der Waals surface area contributed by atoms with Gasteiger partial charge in [-0.25, -0.2) is 0 Å². The maximum absolute atomic E-state index is 11.7. The molecule has 1 rings (SSSR count). The van der Waals surface area contributed by atoms with Crippen LogP contribution in [-0.2, 0) is 9.53 Å². The van der Waals surface area contributed by atoms with Crippen LogP contribution in [0.4, 0.5) is 0 Å². The Morgan fingerprint density at radius 1 is 1.50 bits per heavy atom. The molecule has 0 aromatic heterocycles. The maximum atomic E-state index is 11.7. The van der Waals surface area contributed by atoms with Crippen molar-refractivity contribution in [2.45, 2.75) is 32.3 Å². The van der Waals surface area contributed by atoms with Gasteiger partial charge in [0.05, 0.1) is 0 Å². The van der Waals surface area contributed by atoms with Crippen molar-refractivity contribution in [2.24, 2.45) is 5.73 Å². The standard InChI is InChI=1S/C10H20N2O2/c1-9(14-8-4-5-11)10(13)12-6-2-3-7-12/h9H,2-8,11H2,1H3. The van der Waals surface area contributed by atoms with Crippen molar-refractivity contribution in [3.63, 3.8) is 0 Å². The monoisotopic (exact) mass is 200 g/mol. The topological polar surface area (TPSA) is 55.6 Å². The quantitative estimate of drug-likeness (QED) is 0.652. The van der Waals surface area contributed by atoms with Crippen molar-refractivity contribution in [3.05, 3.63) is 0 Å². The number of hydrogen-bond acceptors (Lipinski definition) is 3. The van der Waals surface area contributed by atoms with E-state index in [0.29, 0.717) is 13.2 Å². The molecule has 1 amide bonds. The molecule has 1 unspecified atom stereocenters. The van der Waals surface area contributed by atoms with Crippen molar-refractivity contribution in [1.29, 1.82) is 0 Å². The van der Waals surface area contributed by atoms with Crippen molar-refractivity contribution in [3.8, 4) is 0 Å². The van der Waals surface area contributed by atoms with Gasteiger partial charge in [0.2, 0.25) is 0 Å². The second kappa shape index (κ2) is 5.98. The highest BCUT2D eigenvalue weighted by Gasteiger charge is 2.23. The van der Waals surface area contributed by atoms with Gasteiger partial charge in [-0.3, -0.25) is 4.79 Å². The fourth-order valence-corrected chi connectivity index (χ4v) is 1.61. The first-order valence-electron chi connectivity index (χ1n) is 5.36. The lowest BCUT2D eigenvalue weighted by Crippen LogP contribution is -2.37. The number of carbonyl (C=O) groups excluding carboxylic acids is 1. The molecule has 0 aliphatic carbocycles. The summed E-state index contributed by atoms with van der Waals surface area (Å²) in [5, 5.41) is 0. The summed E-state index contributed by atoms with van der Waals surface area (Å²) >= 11 is 0. The van der Waals surface area contributed by atoms with E-state index in [0.717, 1.165) is 32.4 Å². The predicted octanol–water partition coefficient (Wildman–Crippen LogP) is 0.363. The van der Waals surface area contributed by atoms with Gasteiger partial charge in [0.1, 0.15) is 6.10 Å². The highest BCUT2D eigenvalue weighted by atomic mass is 16.5. The third kappa shape index (κ3) is 3.27. The number of nitrogens with zero attached hydrogens (tertiary/aromatic N) is 1. The Hall–Kier alpha value is -0.610. The molecule has 0 aromatic carbocycles. The molecule has 1 aliphatic heterocycles. The molecule has 1 heterocycles. The van der Waals surface area contributed by atoms with Crippen LogP contribution in [0.15, 0.2) is 0 Å². The number of rotatable bonds is 5. The van der Waals surface area contributed by atoms with E-state index < -0.39 is 0 Å². The van der Waals surface area contributed by atoms with Crippen LogP contribution in [0.3, 0.4) is 0 Å². The molecule has 1 fully saturated rings. The Morgan fingerprint density at radius 2 is 2.14 bits per heavy atom. The Balaban J connectivity index is 2.21. The molecule has 4 heteroatoms. The lowest BCUT2D eigenvalue weighted by atomic mass is 10.3. The van der Waals surface area contributed by atoms with Crippen molar-refractivity contribution >= 4 is 5.91 Å². The summed E-state index contributed by atoms with van der Waals surface area (Å²) in [5.74, 6) is 0.125. The average Bonchev–Trinajstić information content (AvgIpc) is 2.69. The van der Waals surface area contributed by atoms with Gasteiger partial charge in [0.15, 0.2) is 0 Å². The molecule has 1 atom stereocenters. The third-order valence-corrected chi connectivity index (χ3v) is 2.48. The number of hydrogen-bond donors (Lipinski definition) is 1.